The quantitative estimate of drug-likeness (QED) is 0.582. The molecule has 0 aliphatic heterocycles. The maximum atomic E-state index is 4.64. The highest BCUT2D eigenvalue weighted by Gasteiger charge is 2.13. The highest BCUT2D eigenvalue weighted by atomic mass is 14.7. The summed E-state index contributed by atoms with van der Waals surface area (Å²) in [6, 6.07) is 21.6. The van der Waals surface area contributed by atoms with E-state index in [-0.39, 0.29) is 5.41 Å². The van der Waals surface area contributed by atoms with Gasteiger partial charge in [0.2, 0.25) is 0 Å². The molecule has 0 saturated carbocycles. The maximum Gasteiger partial charge on any atom is 0.0705 e. The second kappa shape index (κ2) is 6.60. The Balaban J connectivity index is 1.91. The largest absolute Gasteiger partial charge is 0.256 e. The second-order valence-corrected chi connectivity index (χ2v) is 7.49. The zero-order valence-electron chi connectivity index (χ0n) is 15.0. The molecule has 0 aliphatic carbocycles. The summed E-state index contributed by atoms with van der Waals surface area (Å²) in [5.74, 6) is 0. The summed E-state index contributed by atoms with van der Waals surface area (Å²) in [7, 11) is 0. The smallest absolute Gasteiger partial charge is 0.0705 e. The van der Waals surface area contributed by atoms with Crippen molar-refractivity contribution in [1.82, 2.24) is 4.98 Å². The van der Waals surface area contributed by atoms with E-state index in [0.717, 1.165) is 12.1 Å². The van der Waals surface area contributed by atoms with Crippen molar-refractivity contribution in [3.63, 3.8) is 0 Å². The number of nitrogens with zero attached hydrogens (tertiary/aromatic N) is 1. The molecule has 0 fully saturated rings. The molecule has 122 valence electrons. The SMILES string of the molecule is Cc1cnc(-c2ccc(C(C)(C)C)cc2)cc1Cc1ccccc1. The Morgan fingerprint density at radius 3 is 2.17 bits per heavy atom. The molecule has 1 heteroatoms. The molecule has 1 aromatic heterocycles. The third-order valence-corrected chi connectivity index (χ3v) is 4.50. The Hall–Kier alpha value is -2.41. The van der Waals surface area contributed by atoms with E-state index in [2.05, 4.69) is 93.3 Å². The lowest BCUT2D eigenvalue weighted by molar-refractivity contribution is 0.590. The van der Waals surface area contributed by atoms with Crippen molar-refractivity contribution in [2.75, 3.05) is 0 Å². The molecule has 0 amide bonds. The first-order valence-corrected chi connectivity index (χ1v) is 8.54. The van der Waals surface area contributed by atoms with Crippen LogP contribution < -0.4 is 0 Å². The van der Waals surface area contributed by atoms with Gasteiger partial charge in [-0.05, 0) is 47.1 Å². The zero-order valence-corrected chi connectivity index (χ0v) is 15.0. The van der Waals surface area contributed by atoms with Crippen LogP contribution in [0.4, 0.5) is 0 Å². The molecule has 0 aliphatic rings. The molecule has 24 heavy (non-hydrogen) atoms. The van der Waals surface area contributed by atoms with Gasteiger partial charge in [-0.25, -0.2) is 0 Å². The molecule has 0 bridgehead atoms. The minimum absolute atomic E-state index is 0.178. The maximum absolute atomic E-state index is 4.64. The van der Waals surface area contributed by atoms with Crippen LogP contribution in [-0.4, -0.2) is 4.98 Å². The van der Waals surface area contributed by atoms with Gasteiger partial charge in [0, 0.05) is 11.8 Å². The molecular weight excluding hydrogens is 290 g/mol. The van der Waals surface area contributed by atoms with Crippen molar-refractivity contribution in [2.24, 2.45) is 0 Å². The standard InChI is InChI=1S/C23H25N/c1-17-16-24-22(15-20(17)14-18-8-6-5-7-9-18)19-10-12-21(13-11-19)23(2,3)4/h5-13,15-16H,14H2,1-4H3. The summed E-state index contributed by atoms with van der Waals surface area (Å²) in [4.78, 5) is 4.64. The van der Waals surface area contributed by atoms with E-state index in [1.165, 1.54) is 27.8 Å². The first kappa shape index (κ1) is 16.4. The fraction of sp³-hybridized carbons (Fsp3) is 0.261. The first-order chi connectivity index (χ1) is 11.4. The highest BCUT2D eigenvalue weighted by molar-refractivity contribution is 5.61. The number of hydrogen-bond donors (Lipinski definition) is 0. The van der Waals surface area contributed by atoms with Crippen molar-refractivity contribution in [2.45, 2.75) is 39.5 Å². The van der Waals surface area contributed by atoms with Crippen LogP contribution in [0.3, 0.4) is 0 Å². The Bertz CT molecular complexity index is 809. The van der Waals surface area contributed by atoms with E-state index in [9.17, 15) is 0 Å². The summed E-state index contributed by atoms with van der Waals surface area (Å²) >= 11 is 0. The van der Waals surface area contributed by atoms with Crippen LogP contribution in [0.2, 0.25) is 0 Å². The minimum atomic E-state index is 0.178. The second-order valence-electron chi connectivity index (χ2n) is 7.49. The van der Waals surface area contributed by atoms with Crippen LogP contribution in [0, 0.1) is 6.92 Å². The highest BCUT2D eigenvalue weighted by Crippen LogP contribution is 2.26. The summed E-state index contributed by atoms with van der Waals surface area (Å²) in [6.07, 6.45) is 2.94. The van der Waals surface area contributed by atoms with Gasteiger partial charge in [0.05, 0.1) is 5.69 Å². The van der Waals surface area contributed by atoms with Gasteiger partial charge in [-0.15, -0.1) is 0 Å². The van der Waals surface area contributed by atoms with E-state index in [1.54, 1.807) is 0 Å². The monoisotopic (exact) mass is 315 g/mol. The van der Waals surface area contributed by atoms with Gasteiger partial charge in [0.1, 0.15) is 0 Å². The van der Waals surface area contributed by atoms with Gasteiger partial charge in [-0.3, -0.25) is 4.98 Å². The van der Waals surface area contributed by atoms with Gasteiger partial charge in [0.25, 0.3) is 0 Å². The number of benzene rings is 2. The third kappa shape index (κ3) is 3.73. The Labute approximate surface area is 145 Å². The van der Waals surface area contributed by atoms with E-state index in [0.29, 0.717) is 0 Å². The van der Waals surface area contributed by atoms with Crippen LogP contribution in [0.25, 0.3) is 11.3 Å². The molecule has 0 atom stereocenters. The van der Waals surface area contributed by atoms with Crippen LogP contribution in [0.5, 0.6) is 0 Å². The van der Waals surface area contributed by atoms with Gasteiger partial charge >= 0.3 is 0 Å². The molecule has 0 spiro atoms. The van der Waals surface area contributed by atoms with Crippen LogP contribution in [0.1, 0.15) is 43.0 Å². The lowest BCUT2D eigenvalue weighted by Crippen LogP contribution is -2.10. The molecule has 0 saturated heterocycles. The zero-order chi connectivity index (χ0) is 17.2. The fourth-order valence-electron chi connectivity index (χ4n) is 2.87. The van der Waals surface area contributed by atoms with Crippen molar-refractivity contribution < 1.29 is 0 Å². The summed E-state index contributed by atoms with van der Waals surface area (Å²) in [6.45, 7) is 8.86. The van der Waals surface area contributed by atoms with Crippen LogP contribution in [0.15, 0.2) is 66.9 Å². The first-order valence-electron chi connectivity index (χ1n) is 8.54. The molecule has 3 aromatic rings. The summed E-state index contributed by atoms with van der Waals surface area (Å²) in [5.41, 5.74) is 7.67. The number of rotatable bonds is 3. The molecule has 3 rings (SSSR count). The Morgan fingerprint density at radius 2 is 1.54 bits per heavy atom. The van der Waals surface area contributed by atoms with Crippen LogP contribution >= 0.6 is 0 Å². The number of aryl methyl sites for hydroxylation is 1. The van der Waals surface area contributed by atoms with E-state index >= 15 is 0 Å². The van der Waals surface area contributed by atoms with Crippen molar-refractivity contribution >= 4 is 0 Å². The van der Waals surface area contributed by atoms with Crippen LogP contribution in [-0.2, 0) is 11.8 Å². The van der Waals surface area contributed by atoms with Gasteiger partial charge in [-0.1, -0.05) is 75.4 Å². The van der Waals surface area contributed by atoms with E-state index < -0.39 is 0 Å². The third-order valence-electron chi connectivity index (χ3n) is 4.50. The molecule has 0 radical (unpaired) electrons. The lowest BCUT2D eigenvalue weighted by Gasteiger charge is -2.19. The molecule has 0 unspecified atom stereocenters. The predicted octanol–water partition coefficient (Wildman–Crippen LogP) is 5.95. The van der Waals surface area contributed by atoms with E-state index in [4.69, 9.17) is 0 Å². The normalized spacial score (nSPS) is 11.5. The predicted molar refractivity (Wildman–Crippen MR) is 102 cm³/mol. The fourth-order valence-corrected chi connectivity index (χ4v) is 2.87. The molecule has 1 heterocycles. The van der Waals surface area contributed by atoms with E-state index in [1.807, 2.05) is 6.20 Å². The van der Waals surface area contributed by atoms with Crippen molar-refractivity contribution in [3.05, 3.63) is 89.1 Å². The summed E-state index contributed by atoms with van der Waals surface area (Å²) in [5, 5.41) is 0. The number of pyridine rings is 1. The number of aromatic nitrogens is 1. The topological polar surface area (TPSA) is 12.9 Å². The molecular formula is C23H25N. The Kier molecular flexibility index (Phi) is 4.53. The molecule has 0 N–H and O–H groups in total. The molecule has 2 aromatic carbocycles. The minimum Gasteiger partial charge on any atom is -0.256 e. The van der Waals surface area contributed by atoms with Gasteiger partial charge < -0.3 is 0 Å². The van der Waals surface area contributed by atoms with Crippen molar-refractivity contribution in [1.29, 1.82) is 0 Å². The van der Waals surface area contributed by atoms with Gasteiger partial charge in [0.15, 0.2) is 0 Å². The van der Waals surface area contributed by atoms with Gasteiger partial charge in [-0.2, -0.15) is 0 Å². The number of hydrogen-bond acceptors (Lipinski definition) is 1. The summed E-state index contributed by atoms with van der Waals surface area (Å²) < 4.78 is 0. The average molecular weight is 315 g/mol. The lowest BCUT2D eigenvalue weighted by atomic mass is 9.86. The molecule has 1 nitrogen and oxygen atoms in total. The van der Waals surface area contributed by atoms with Crippen molar-refractivity contribution in [3.8, 4) is 11.3 Å². The Morgan fingerprint density at radius 1 is 0.875 bits per heavy atom. The average Bonchev–Trinajstić information content (AvgIpc) is 2.57.